The lowest BCUT2D eigenvalue weighted by Crippen LogP contribution is -2.40. The van der Waals surface area contributed by atoms with Gasteiger partial charge in [0.25, 0.3) is 0 Å². The molecule has 19 heavy (non-hydrogen) atoms. The van der Waals surface area contributed by atoms with Crippen molar-refractivity contribution in [2.24, 2.45) is 0 Å². The molecule has 2 nitrogen and oxygen atoms in total. The van der Waals surface area contributed by atoms with Crippen LogP contribution in [0.25, 0.3) is 0 Å². The molecule has 0 saturated carbocycles. The molecule has 6 heteroatoms. The van der Waals surface area contributed by atoms with E-state index in [0.29, 0.717) is 13.1 Å². The highest BCUT2D eigenvalue weighted by Crippen LogP contribution is 2.30. The Morgan fingerprint density at radius 1 is 1.21 bits per heavy atom. The van der Waals surface area contributed by atoms with E-state index in [1.807, 2.05) is 0 Å². The number of halogens is 4. The predicted molar refractivity (Wildman–Crippen MR) is 68.0 cm³/mol. The predicted octanol–water partition coefficient (Wildman–Crippen LogP) is 2.89. The van der Waals surface area contributed by atoms with Crippen LogP contribution in [0.2, 0.25) is 0 Å². The fourth-order valence-electron chi connectivity index (χ4n) is 2.20. The number of piperidine rings is 1. The molecule has 0 aliphatic carbocycles. The van der Waals surface area contributed by atoms with Crippen LogP contribution < -0.4 is 5.32 Å². The lowest BCUT2D eigenvalue weighted by Gasteiger charge is -2.30. The van der Waals surface area contributed by atoms with Crippen molar-refractivity contribution in [1.82, 2.24) is 5.32 Å². The molecule has 1 fully saturated rings. The van der Waals surface area contributed by atoms with Gasteiger partial charge >= 0.3 is 0 Å². The molecule has 0 unspecified atom stereocenters. The van der Waals surface area contributed by atoms with E-state index in [-0.39, 0.29) is 42.8 Å². The van der Waals surface area contributed by atoms with Crippen molar-refractivity contribution in [2.45, 2.75) is 24.9 Å². The minimum atomic E-state index is -1.57. The van der Waals surface area contributed by atoms with Crippen molar-refractivity contribution >= 4 is 12.4 Å². The van der Waals surface area contributed by atoms with Crippen LogP contribution in [-0.4, -0.2) is 18.8 Å². The molecular weight excluding hydrogens is 277 g/mol. The first-order valence-corrected chi connectivity index (χ1v) is 5.82. The lowest BCUT2D eigenvalue weighted by atomic mass is 9.87. The number of hydrogen-bond donors (Lipinski definition) is 1. The van der Waals surface area contributed by atoms with Gasteiger partial charge in [-0.1, -0.05) is 0 Å². The summed E-state index contributed by atoms with van der Waals surface area (Å²) in [5.74, 6) is -1.69. The quantitative estimate of drug-likeness (QED) is 0.909. The third-order valence-electron chi connectivity index (χ3n) is 3.26. The van der Waals surface area contributed by atoms with Gasteiger partial charge in [-0.25, -0.2) is 13.2 Å². The van der Waals surface area contributed by atoms with Gasteiger partial charge in [-0.05, 0) is 38.1 Å². The van der Waals surface area contributed by atoms with Crippen molar-refractivity contribution in [2.75, 3.05) is 13.1 Å². The van der Waals surface area contributed by atoms with E-state index in [9.17, 15) is 13.2 Å². The Kier molecular flexibility index (Phi) is 5.21. The third kappa shape index (κ3) is 3.62. The molecule has 1 aliphatic heterocycles. The maximum Gasteiger partial charge on any atom is 0.130 e. The van der Waals surface area contributed by atoms with Crippen LogP contribution in [0, 0.1) is 23.0 Å². The second-order valence-corrected chi connectivity index (χ2v) is 4.61. The smallest absolute Gasteiger partial charge is 0.130 e. The average molecular weight is 291 g/mol. The minimum absolute atomic E-state index is 0. The summed E-state index contributed by atoms with van der Waals surface area (Å²) in [6.07, 6.45) is 0.204. The van der Waals surface area contributed by atoms with Gasteiger partial charge in [0.05, 0.1) is 11.6 Å². The SMILES string of the molecule is Cl.N#Cc1cc(F)c(CC2(F)CCNCC2)c(F)c1. The topological polar surface area (TPSA) is 35.8 Å². The standard InChI is InChI=1S/C13H13F3N2.ClH/c14-11-5-9(8-17)6-12(15)10(11)7-13(16)1-3-18-4-2-13;/h5-6,18H,1-4,7H2;1H. The number of benzene rings is 1. The number of nitrogens with zero attached hydrogens (tertiary/aromatic N) is 1. The zero-order valence-electron chi connectivity index (χ0n) is 10.2. The molecular formula is C13H14ClF3N2. The Bertz CT molecular complexity index is 470. The van der Waals surface area contributed by atoms with Gasteiger partial charge in [-0.15, -0.1) is 12.4 Å². The molecule has 0 aromatic heterocycles. The molecule has 104 valence electrons. The van der Waals surface area contributed by atoms with E-state index in [1.165, 1.54) is 0 Å². The molecule has 1 aliphatic rings. The number of alkyl halides is 1. The second-order valence-electron chi connectivity index (χ2n) is 4.61. The van der Waals surface area contributed by atoms with E-state index in [4.69, 9.17) is 5.26 Å². The highest BCUT2D eigenvalue weighted by molar-refractivity contribution is 5.85. The zero-order chi connectivity index (χ0) is 13.2. The molecule has 0 atom stereocenters. The van der Waals surface area contributed by atoms with E-state index < -0.39 is 17.3 Å². The Balaban J connectivity index is 0.00000180. The fraction of sp³-hybridized carbons (Fsp3) is 0.462. The molecule has 1 heterocycles. The van der Waals surface area contributed by atoms with Gasteiger partial charge in [-0.2, -0.15) is 5.26 Å². The third-order valence-corrected chi connectivity index (χ3v) is 3.26. The molecule has 0 bridgehead atoms. The summed E-state index contributed by atoms with van der Waals surface area (Å²) in [7, 11) is 0. The minimum Gasteiger partial charge on any atom is -0.316 e. The van der Waals surface area contributed by atoms with Gasteiger partial charge in [0.15, 0.2) is 0 Å². The summed E-state index contributed by atoms with van der Waals surface area (Å²) in [5, 5.41) is 11.6. The Labute approximate surface area is 116 Å². The van der Waals surface area contributed by atoms with Crippen molar-refractivity contribution in [1.29, 1.82) is 5.26 Å². The van der Waals surface area contributed by atoms with Crippen LogP contribution in [0.4, 0.5) is 13.2 Å². The number of nitriles is 1. The molecule has 1 aromatic rings. The van der Waals surface area contributed by atoms with E-state index in [1.54, 1.807) is 6.07 Å². The highest BCUT2D eigenvalue weighted by atomic mass is 35.5. The van der Waals surface area contributed by atoms with Gasteiger partial charge < -0.3 is 5.32 Å². The Hall–Kier alpha value is -1.25. The Morgan fingerprint density at radius 3 is 2.21 bits per heavy atom. The lowest BCUT2D eigenvalue weighted by molar-refractivity contribution is 0.114. The second kappa shape index (κ2) is 6.27. The van der Waals surface area contributed by atoms with E-state index in [0.717, 1.165) is 12.1 Å². The Morgan fingerprint density at radius 2 is 1.74 bits per heavy atom. The highest BCUT2D eigenvalue weighted by Gasteiger charge is 2.33. The van der Waals surface area contributed by atoms with Crippen LogP contribution in [0.3, 0.4) is 0 Å². The van der Waals surface area contributed by atoms with Crippen LogP contribution in [0.15, 0.2) is 12.1 Å². The van der Waals surface area contributed by atoms with Crippen LogP contribution in [0.1, 0.15) is 24.0 Å². The van der Waals surface area contributed by atoms with E-state index in [2.05, 4.69) is 5.32 Å². The first-order chi connectivity index (χ1) is 8.54. The van der Waals surface area contributed by atoms with Gasteiger partial charge in [0.2, 0.25) is 0 Å². The van der Waals surface area contributed by atoms with Gasteiger partial charge in [0, 0.05) is 12.0 Å². The fourth-order valence-corrected chi connectivity index (χ4v) is 2.20. The summed E-state index contributed by atoms with van der Waals surface area (Å²) >= 11 is 0. The molecule has 1 N–H and O–H groups in total. The van der Waals surface area contributed by atoms with Crippen molar-refractivity contribution in [3.8, 4) is 6.07 Å². The molecule has 1 aromatic carbocycles. The number of nitrogens with one attached hydrogen (secondary N) is 1. The molecule has 0 radical (unpaired) electrons. The summed E-state index contributed by atoms with van der Waals surface area (Å²) in [6.45, 7) is 1.02. The first kappa shape index (κ1) is 15.8. The van der Waals surface area contributed by atoms with Crippen molar-refractivity contribution in [3.63, 3.8) is 0 Å². The number of hydrogen-bond acceptors (Lipinski definition) is 2. The molecule has 1 saturated heterocycles. The number of rotatable bonds is 2. The normalized spacial score (nSPS) is 17.4. The summed E-state index contributed by atoms with van der Waals surface area (Å²) < 4.78 is 41.7. The van der Waals surface area contributed by atoms with Gasteiger partial charge in [0.1, 0.15) is 17.3 Å². The average Bonchev–Trinajstić information content (AvgIpc) is 2.34. The maximum atomic E-state index is 14.4. The summed E-state index contributed by atoms with van der Waals surface area (Å²) in [4.78, 5) is 0. The molecule has 0 amide bonds. The van der Waals surface area contributed by atoms with E-state index >= 15 is 0 Å². The molecule has 0 spiro atoms. The summed E-state index contributed by atoms with van der Waals surface area (Å²) in [6, 6.07) is 3.56. The van der Waals surface area contributed by atoms with Crippen LogP contribution >= 0.6 is 12.4 Å². The largest absolute Gasteiger partial charge is 0.316 e. The zero-order valence-corrected chi connectivity index (χ0v) is 11.0. The van der Waals surface area contributed by atoms with Crippen molar-refractivity contribution in [3.05, 3.63) is 34.9 Å². The monoisotopic (exact) mass is 290 g/mol. The maximum absolute atomic E-state index is 14.4. The van der Waals surface area contributed by atoms with Crippen LogP contribution in [-0.2, 0) is 6.42 Å². The van der Waals surface area contributed by atoms with Crippen molar-refractivity contribution < 1.29 is 13.2 Å². The first-order valence-electron chi connectivity index (χ1n) is 5.82. The molecule has 2 rings (SSSR count). The summed E-state index contributed by atoms with van der Waals surface area (Å²) in [5.41, 5.74) is -1.92. The van der Waals surface area contributed by atoms with Gasteiger partial charge in [-0.3, -0.25) is 0 Å². The van der Waals surface area contributed by atoms with Crippen LogP contribution in [0.5, 0.6) is 0 Å².